The highest BCUT2D eigenvalue weighted by molar-refractivity contribution is 5.98. The molecule has 0 radical (unpaired) electrons. The van der Waals surface area contributed by atoms with Crippen LogP contribution in [0.3, 0.4) is 0 Å². The van der Waals surface area contributed by atoms with Crippen molar-refractivity contribution in [2.75, 3.05) is 26.8 Å². The van der Waals surface area contributed by atoms with Crippen LogP contribution < -0.4 is 0 Å². The summed E-state index contributed by atoms with van der Waals surface area (Å²) in [4.78, 5) is 19.6. The van der Waals surface area contributed by atoms with Crippen molar-refractivity contribution in [2.24, 2.45) is 0 Å². The number of piperidine rings is 1. The lowest BCUT2D eigenvalue weighted by Crippen LogP contribution is -2.39. The standard InChI is InChI=1S/C21H25N3O3/c1-15-12-18-13-16(5-6-19(18)27-15)21(25)24-8-3-4-17(14-24)20-22-7-9-23(20)10-11-26-2/h5-7,9,12-13,17H,3-4,8,10-11,14H2,1-2H3. The maximum atomic E-state index is 13.1. The van der Waals surface area contributed by atoms with E-state index in [9.17, 15) is 4.79 Å². The molecule has 0 spiro atoms. The Morgan fingerprint density at radius 1 is 1.37 bits per heavy atom. The Morgan fingerprint density at radius 3 is 3.11 bits per heavy atom. The second-order valence-electron chi connectivity index (χ2n) is 7.17. The molecule has 2 aromatic heterocycles. The lowest BCUT2D eigenvalue weighted by Gasteiger charge is -2.32. The molecule has 142 valence electrons. The Kier molecular flexibility index (Phi) is 4.99. The van der Waals surface area contributed by atoms with E-state index in [1.807, 2.05) is 48.5 Å². The fraction of sp³-hybridized carbons (Fsp3) is 0.429. The Morgan fingerprint density at radius 2 is 2.26 bits per heavy atom. The minimum absolute atomic E-state index is 0.0791. The molecule has 1 saturated heterocycles. The molecular weight excluding hydrogens is 342 g/mol. The van der Waals surface area contributed by atoms with Gasteiger partial charge in [-0.3, -0.25) is 4.79 Å². The van der Waals surface area contributed by atoms with E-state index >= 15 is 0 Å². The van der Waals surface area contributed by atoms with E-state index in [1.165, 1.54) is 0 Å². The van der Waals surface area contributed by atoms with Crippen molar-refractivity contribution in [3.63, 3.8) is 0 Å². The summed E-state index contributed by atoms with van der Waals surface area (Å²) < 4.78 is 12.9. The average Bonchev–Trinajstić information content (AvgIpc) is 3.30. The first kappa shape index (κ1) is 17.8. The molecule has 0 saturated carbocycles. The zero-order valence-corrected chi connectivity index (χ0v) is 15.9. The smallest absolute Gasteiger partial charge is 0.253 e. The van der Waals surface area contributed by atoms with Crippen molar-refractivity contribution in [3.8, 4) is 0 Å². The maximum absolute atomic E-state index is 13.1. The topological polar surface area (TPSA) is 60.5 Å². The second-order valence-corrected chi connectivity index (χ2v) is 7.17. The first-order valence-electron chi connectivity index (χ1n) is 9.45. The van der Waals surface area contributed by atoms with Gasteiger partial charge in [-0.2, -0.15) is 0 Å². The Labute approximate surface area is 158 Å². The number of fused-ring (bicyclic) bond motifs is 1. The number of benzene rings is 1. The molecule has 6 heteroatoms. The summed E-state index contributed by atoms with van der Waals surface area (Å²) >= 11 is 0. The van der Waals surface area contributed by atoms with Crippen LogP contribution in [0.1, 0.15) is 40.7 Å². The number of amides is 1. The van der Waals surface area contributed by atoms with E-state index in [-0.39, 0.29) is 11.8 Å². The van der Waals surface area contributed by atoms with Gasteiger partial charge in [-0.25, -0.2) is 4.98 Å². The number of likely N-dealkylation sites (tertiary alicyclic amines) is 1. The molecule has 1 fully saturated rings. The van der Waals surface area contributed by atoms with Crippen LogP contribution in [0.25, 0.3) is 11.0 Å². The molecule has 1 atom stereocenters. The molecule has 6 nitrogen and oxygen atoms in total. The highest BCUT2D eigenvalue weighted by Gasteiger charge is 2.28. The van der Waals surface area contributed by atoms with Crippen molar-refractivity contribution >= 4 is 16.9 Å². The number of imidazole rings is 1. The third kappa shape index (κ3) is 3.62. The first-order valence-corrected chi connectivity index (χ1v) is 9.45. The van der Waals surface area contributed by atoms with Crippen LogP contribution in [0, 0.1) is 6.92 Å². The third-order valence-corrected chi connectivity index (χ3v) is 5.24. The molecule has 1 aliphatic heterocycles. The van der Waals surface area contributed by atoms with Crippen molar-refractivity contribution in [3.05, 3.63) is 53.8 Å². The number of rotatable bonds is 5. The van der Waals surface area contributed by atoms with Crippen LogP contribution >= 0.6 is 0 Å². The fourth-order valence-electron chi connectivity index (χ4n) is 3.92. The Balaban J connectivity index is 1.51. The van der Waals surface area contributed by atoms with E-state index < -0.39 is 0 Å². The van der Waals surface area contributed by atoms with Crippen LogP contribution in [0.15, 0.2) is 41.1 Å². The summed E-state index contributed by atoms with van der Waals surface area (Å²) in [5.74, 6) is 2.24. The molecule has 0 aliphatic carbocycles. The van der Waals surface area contributed by atoms with Gasteiger partial charge in [0.1, 0.15) is 17.2 Å². The minimum atomic E-state index is 0.0791. The normalized spacial score (nSPS) is 17.6. The van der Waals surface area contributed by atoms with Gasteiger partial charge < -0.3 is 18.6 Å². The number of carbonyl (C=O) groups excluding carboxylic acids is 1. The average molecular weight is 367 g/mol. The summed E-state index contributed by atoms with van der Waals surface area (Å²) in [6.07, 6.45) is 5.86. The van der Waals surface area contributed by atoms with Crippen LogP contribution in [0.2, 0.25) is 0 Å². The monoisotopic (exact) mass is 367 g/mol. The van der Waals surface area contributed by atoms with E-state index in [0.29, 0.717) is 18.7 Å². The summed E-state index contributed by atoms with van der Waals surface area (Å²) in [7, 11) is 1.70. The molecular formula is C21H25N3O3. The second kappa shape index (κ2) is 7.56. The quantitative estimate of drug-likeness (QED) is 0.691. The predicted molar refractivity (Wildman–Crippen MR) is 103 cm³/mol. The molecule has 1 aliphatic rings. The van der Waals surface area contributed by atoms with Crippen molar-refractivity contribution < 1.29 is 13.9 Å². The third-order valence-electron chi connectivity index (χ3n) is 5.24. The van der Waals surface area contributed by atoms with Crippen molar-refractivity contribution in [2.45, 2.75) is 32.2 Å². The van der Waals surface area contributed by atoms with E-state index in [2.05, 4.69) is 9.55 Å². The van der Waals surface area contributed by atoms with E-state index in [0.717, 1.165) is 48.5 Å². The van der Waals surface area contributed by atoms with Gasteiger partial charge >= 0.3 is 0 Å². The molecule has 3 heterocycles. The van der Waals surface area contributed by atoms with Crippen LogP contribution in [0.5, 0.6) is 0 Å². The largest absolute Gasteiger partial charge is 0.461 e. The van der Waals surface area contributed by atoms with E-state index in [1.54, 1.807) is 7.11 Å². The van der Waals surface area contributed by atoms with Crippen LogP contribution in [-0.2, 0) is 11.3 Å². The fourth-order valence-corrected chi connectivity index (χ4v) is 3.92. The number of ether oxygens (including phenoxy) is 1. The Bertz CT molecular complexity index is 943. The number of hydrogen-bond acceptors (Lipinski definition) is 4. The highest BCUT2D eigenvalue weighted by Crippen LogP contribution is 2.28. The van der Waals surface area contributed by atoms with Gasteiger partial charge in [0, 0.05) is 56.0 Å². The lowest BCUT2D eigenvalue weighted by atomic mass is 9.96. The summed E-state index contributed by atoms with van der Waals surface area (Å²) in [6, 6.07) is 7.64. The van der Waals surface area contributed by atoms with Gasteiger partial charge in [0.15, 0.2) is 0 Å². The summed E-state index contributed by atoms with van der Waals surface area (Å²) in [6.45, 7) is 4.85. The molecule has 1 amide bonds. The zero-order valence-electron chi connectivity index (χ0n) is 15.9. The number of furan rings is 1. The zero-order chi connectivity index (χ0) is 18.8. The summed E-state index contributed by atoms with van der Waals surface area (Å²) in [5, 5.41) is 0.974. The van der Waals surface area contributed by atoms with Gasteiger partial charge in [-0.05, 0) is 44.0 Å². The molecule has 3 aromatic rings. The van der Waals surface area contributed by atoms with Crippen LogP contribution in [0.4, 0.5) is 0 Å². The number of hydrogen-bond donors (Lipinski definition) is 0. The number of aromatic nitrogens is 2. The van der Waals surface area contributed by atoms with Crippen LogP contribution in [-0.4, -0.2) is 47.2 Å². The van der Waals surface area contributed by atoms with Crippen molar-refractivity contribution in [1.29, 1.82) is 0 Å². The lowest BCUT2D eigenvalue weighted by molar-refractivity contribution is 0.0702. The number of nitrogens with zero attached hydrogens (tertiary/aromatic N) is 3. The molecule has 1 aromatic carbocycles. The van der Waals surface area contributed by atoms with Crippen molar-refractivity contribution in [1.82, 2.24) is 14.5 Å². The first-order chi connectivity index (χ1) is 13.2. The highest BCUT2D eigenvalue weighted by atomic mass is 16.5. The minimum Gasteiger partial charge on any atom is -0.461 e. The Hall–Kier alpha value is -2.60. The number of carbonyl (C=O) groups is 1. The maximum Gasteiger partial charge on any atom is 0.253 e. The van der Waals surface area contributed by atoms with Gasteiger partial charge in [-0.15, -0.1) is 0 Å². The molecule has 0 bridgehead atoms. The molecule has 27 heavy (non-hydrogen) atoms. The predicted octanol–water partition coefficient (Wildman–Crippen LogP) is 3.60. The van der Waals surface area contributed by atoms with Gasteiger partial charge in [0.2, 0.25) is 0 Å². The number of aryl methyl sites for hydroxylation is 1. The summed E-state index contributed by atoms with van der Waals surface area (Å²) in [5.41, 5.74) is 1.53. The SMILES string of the molecule is COCCn1ccnc1C1CCCN(C(=O)c2ccc3oc(C)cc3c2)C1. The van der Waals surface area contributed by atoms with E-state index in [4.69, 9.17) is 9.15 Å². The molecule has 4 rings (SSSR count). The number of methoxy groups -OCH3 is 1. The van der Waals surface area contributed by atoms with Gasteiger partial charge in [0.05, 0.1) is 6.61 Å². The van der Waals surface area contributed by atoms with Gasteiger partial charge in [0.25, 0.3) is 5.91 Å². The molecule has 1 unspecified atom stereocenters. The van der Waals surface area contributed by atoms with Gasteiger partial charge in [-0.1, -0.05) is 0 Å². The molecule has 0 N–H and O–H groups in total.